The standard InChI is InChI=1S/C13H18N4/c1-3-11-7-12(4-2)17(16-11)9-10-5-6-13(14)15-8-10/h5-8H,3-4,9H2,1-2H3,(H2,14,15). The van der Waals surface area contributed by atoms with Crippen molar-refractivity contribution in [3.63, 3.8) is 0 Å². The summed E-state index contributed by atoms with van der Waals surface area (Å²) in [7, 11) is 0. The summed E-state index contributed by atoms with van der Waals surface area (Å²) in [6.45, 7) is 5.03. The van der Waals surface area contributed by atoms with E-state index in [1.54, 1.807) is 0 Å². The molecule has 0 saturated heterocycles. The maximum absolute atomic E-state index is 5.57. The smallest absolute Gasteiger partial charge is 0.123 e. The lowest BCUT2D eigenvalue weighted by Gasteiger charge is -2.05. The molecule has 0 fully saturated rings. The number of nitrogens with zero attached hydrogens (tertiary/aromatic N) is 3. The maximum Gasteiger partial charge on any atom is 0.123 e. The molecule has 0 saturated carbocycles. The van der Waals surface area contributed by atoms with Crippen molar-refractivity contribution in [2.24, 2.45) is 0 Å². The molecule has 0 unspecified atom stereocenters. The zero-order valence-corrected chi connectivity index (χ0v) is 10.3. The number of nitrogen functional groups attached to an aromatic ring is 1. The molecule has 2 aromatic heterocycles. The third-order valence-electron chi connectivity index (χ3n) is 2.82. The molecule has 0 radical (unpaired) electrons. The Morgan fingerprint density at radius 1 is 1.24 bits per heavy atom. The Balaban J connectivity index is 2.22. The quantitative estimate of drug-likeness (QED) is 0.874. The predicted octanol–water partition coefficient (Wildman–Crippen LogP) is 2.03. The van der Waals surface area contributed by atoms with Crippen molar-refractivity contribution < 1.29 is 0 Å². The van der Waals surface area contributed by atoms with Crippen LogP contribution >= 0.6 is 0 Å². The van der Waals surface area contributed by atoms with Gasteiger partial charge >= 0.3 is 0 Å². The predicted molar refractivity (Wildman–Crippen MR) is 68.7 cm³/mol. The minimum Gasteiger partial charge on any atom is -0.384 e. The van der Waals surface area contributed by atoms with Crippen LogP contribution in [-0.4, -0.2) is 14.8 Å². The van der Waals surface area contributed by atoms with Crippen LogP contribution in [0.1, 0.15) is 30.8 Å². The molecule has 0 aliphatic heterocycles. The molecule has 2 rings (SSSR count). The highest BCUT2D eigenvalue weighted by atomic mass is 15.3. The van der Waals surface area contributed by atoms with Gasteiger partial charge in [0.25, 0.3) is 0 Å². The van der Waals surface area contributed by atoms with E-state index in [0.29, 0.717) is 5.82 Å². The highest BCUT2D eigenvalue weighted by Gasteiger charge is 2.05. The lowest BCUT2D eigenvalue weighted by Crippen LogP contribution is -2.06. The number of rotatable bonds is 4. The summed E-state index contributed by atoms with van der Waals surface area (Å²) in [5.41, 5.74) is 9.10. The summed E-state index contributed by atoms with van der Waals surface area (Å²) in [6.07, 6.45) is 3.78. The average molecular weight is 230 g/mol. The van der Waals surface area contributed by atoms with E-state index in [1.807, 2.05) is 23.0 Å². The van der Waals surface area contributed by atoms with E-state index in [1.165, 1.54) is 5.69 Å². The fourth-order valence-corrected chi connectivity index (χ4v) is 1.81. The monoisotopic (exact) mass is 230 g/mol. The van der Waals surface area contributed by atoms with E-state index in [-0.39, 0.29) is 0 Å². The molecule has 0 atom stereocenters. The van der Waals surface area contributed by atoms with Crippen molar-refractivity contribution >= 4 is 5.82 Å². The van der Waals surface area contributed by atoms with Gasteiger partial charge in [0.2, 0.25) is 0 Å². The van der Waals surface area contributed by atoms with E-state index in [4.69, 9.17) is 5.73 Å². The Bertz CT molecular complexity index is 485. The fourth-order valence-electron chi connectivity index (χ4n) is 1.81. The largest absolute Gasteiger partial charge is 0.384 e. The third-order valence-corrected chi connectivity index (χ3v) is 2.82. The first-order valence-electron chi connectivity index (χ1n) is 5.99. The van der Waals surface area contributed by atoms with Crippen molar-refractivity contribution in [1.29, 1.82) is 0 Å². The van der Waals surface area contributed by atoms with Crippen LogP contribution in [0, 0.1) is 0 Å². The highest BCUT2D eigenvalue weighted by Crippen LogP contribution is 2.10. The Kier molecular flexibility index (Phi) is 3.42. The van der Waals surface area contributed by atoms with Crippen molar-refractivity contribution in [1.82, 2.24) is 14.8 Å². The SMILES string of the molecule is CCc1cc(CC)n(Cc2ccc(N)nc2)n1. The van der Waals surface area contributed by atoms with Crippen LogP contribution in [0.25, 0.3) is 0 Å². The lowest BCUT2D eigenvalue weighted by molar-refractivity contribution is 0.639. The van der Waals surface area contributed by atoms with Crippen LogP contribution in [0.4, 0.5) is 5.82 Å². The number of aromatic nitrogens is 3. The molecule has 2 aromatic rings. The number of pyridine rings is 1. The van der Waals surface area contributed by atoms with Crippen molar-refractivity contribution in [3.05, 3.63) is 41.3 Å². The topological polar surface area (TPSA) is 56.7 Å². The molecule has 2 N–H and O–H groups in total. The third kappa shape index (κ3) is 2.64. The molecular weight excluding hydrogens is 212 g/mol. The molecule has 90 valence electrons. The van der Waals surface area contributed by atoms with Gasteiger partial charge in [0.15, 0.2) is 0 Å². The van der Waals surface area contributed by atoms with Crippen LogP contribution in [0.3, 0.4) is 0 Å². The van der Waals surface area contributed by atoms with E-state index < -0.39 is 0 Å². The van der Waals surface area contributed by atoms with Crippen LogP contribution in [-0.2, 0) is 19.4 Å². The molecule has 0 aromatic carbocycles. The summed E-state index contributed by atoms with van der Waals surface area (Å²) >= 11 is 0. The van der Waals surface area contributed by atoms with Crippen molar-refractivity contribution in [2.45, 2.75) is 33.2 Å². The van der Waals surface area contributed by atoms with Crippen molar-refractivity contribution in [3.8, 4) is 0 Å². The molecule has 4 heteroatoms. The Morgan fingerprint density at radius 3 is 2.65 bits per heavy atom. The van der Waals surface area contributed by atoms with Gasteiger partial charge in [0.1, 0.15) is 5.82 Å². The van der Waals surface area contributed by atoms with Gasteiger partial charge in [0.05, 0.1) is 12.2 Å². The second kappa shape index (κ2) is 4.99. The number of hydrogen-bond donors (Lipinski definition) is 1. The van der Waals surface area contributed by atoms with Gasteiger partial charge in [-0.2, -0.15) is 5.10 Å². The first-order chi connectivity index (χ1) is 8.22. The number of anilines is 1. The van der Waals surface area contributed by atoms with Crippen LogP contribution in [0.5, 0.6) is 0 Å². The summed E-state index contributed by atoms with van der Waals surface area (Å²) in [5, 5.41) is 4.57. The summed E-state index contributed by atoms with van der Waals surface area (Å²) in [5.74, 6) is 0.555. The molecular formula is C13H18N4. The van der Waals surface area contributed by atoms with Gasteiger partial charge < -0.3 is 5.73 Å². The van der Waals surface area contributed by atoms with Crippen LogP contribution in [0.2, 0.25) is 0 Å². The molecule has 4 nitrogen and oxygen atoms in total. The van der Waals surface area contributed by atoms with Gasteiger partial charge in [-0.05, 0) is 30.5 Å². The van der Waals surface area contributed by atoms with Gasteiger partial charge in [-0.3, -0.25) is 4.68 Å². The fraction of sp³-hybridized carbons (Fsp3) is 0.385. The van der Waals surface area contributed by atoms with Gasteiger partial charge in [-0.25, -0.2) is 4.98 Å². The summed E-state index contributed by atoms with van der Waals surface area (Å²) in [4.78, 5) is 4.09. The minimum absolute atomic E-state index is 0.555. The van der Waals surface area contributed by atoms with E-state index in [0.717, 1.165) is 30.6 Å². The minimum atomic E-state index is 0.555. The number of hydrogen-bond acceptors (Lipinski definition) is 3. The molecule has 0 amide bonds. The highest BCUT2D eigenvalue weighted by molar-refractivity contribution is 5.29. The molecule has 0 aliphatic rings. The molecule has 0 bridgehead atoms. The van der Waals surface area contributed by atoms with Crippen molar-refractivity contribution in [2.75, 3.05) is 5.73 Å². The Hall–Kier alpha value is -1.84. The van der Waals surface area contributed by atoms with Crippen LogP contribution < -0.4 is 5.73 Å². The van der Waals surface area contributed by atoms with E-state index in [9.17, 15) is 0 Å². The second-order valence-electron chi connectivity index (χ2n) is 4.08. The number of aryl methyl sites for hydroxylation is 2. The zero-order chi connectivity index (χ0) is 12.3. The van der Waals surface area contributed by atoms with Crippen LogP contribution in [0.15, 0.2) is 24.4 Å². The maximum atomic E-state index is 5.57. The molecule has 0 aliphatic carbocycles. The lowest BCUT2D eigenvalue weighted by atomic mass is 10.2. The average Bonchev–Trinajstić information content (AvgIpc) is 2.74. The van der Waals surface area contributed by atoms with Gasteiger partial charge in [0, 0.05) is 11.9 Å². The summed E-state index contributed by atoms with van der Waals surface area (Å²) < 4.78 is 2.05. The summed E-state index contributed by atoms with van der Waals surface area (Å²) in [6, 6.07) is 5.99. The first-order valence-corrected chi connectivity index (χ1v) is 5.99. The normalized spacial score (nSPS) is 10.7. The second-order valence-corrected chi connectivity index (χ2v) is 4.08. The Labute approximate surface area is 101 Å². The molecule has 17 heavy (non-hydrogen) atoms. The molecule has 2 heterocycles. The molecule has 0 spiro atoms. The number of nitrogens with two attached hydrogens (primary N) is 1. The first kappa shape index (κ1) is 11.6. The Morgan fingerprint density at radius 2 is 2.06 bits per heavy atom. The van der Waals surface area contributed by atoms with E-state index in [2.05, 4.69) is 30.0 Å². The van der Waals surface area contributed by atoms with E-state index >= 15 is 0 Å². The van der Waals surface area contributed by atoms with Gasteiger partial charge in [-0.1, -0.05) is 19.9 Å². The zero-order valence-electron chi connectivity index (χ0n) is 10.3. The van der Waals surface area contributed by atoms with Gasteiger partial charge in [-0.15, -0.1) is 0 Å².